The lowest BCUT2D eigenvalue weighted by Crippen LogP contribution is -2.45. The van der Waals surface area contributed by atoms with Gasteiger partial charge in [0.25, 0.3) is 15.8 Å². The Morgan fingerprint density at radius 1 is 1.17 bits per heavy atom. The molecule has 1 fully saturated rings. The van der Waals surface area contributed by atoms with E-state index in [1.54, 1.807) is 0 Å². The maximum atomic E-state index is 13.8. The van der Waals surface area contributed by atoms with E-state index in [1.807, 2.05) is 0 Å². The Bertz CT molecular complexity index is 1220. The Morgan fingerprint density at radius 3 is 2.37 bits per heavy atom. The number of halogens is 3. The van der Waals surface area contributed by atoms with Crippen molar-refractivity contribution in [1.29, 1.82) is 0 Å². The quantitative estimate of drug-likeness (QED) is 0.685. The monoisotopic (exact) mass is 449 g/mol. The van der Waals surface area contributed by atoms with Crippen molar-refractivity contribution in [2.24, 2.45) is 14.1 Å². The first-order valence-electron chi connectivity index (χ1n) is 9.12. The highest BCUT2D eigenvalue weighted by molar-refractivity contribution is 7.86. The molecule has 3 rings (SSSR count). The van der Waals surface area contributed by atoms with Crippen molar-refractivity contribution in [3.63, 3.8) is 0 Å². The van der Waals surface area contributed by atoms with Gasteiger partial charge >= 0.3 is 11.9 Å². The van der Waals surface area contributed by atoms with E-state index < -0.39 is 44.5 Å². The summed E-state index contributed by atoms with van der Waals surface area (Å²) in [6.07, 6.45) is -3.99. The van der Waals surface area contributed by atoms with Crippen LogP contribution >= 0.6 is 0 Å². The first-order chi connectivity index (χ1) is 13.8. The van der Waals surface area contributed by atoms with E-state index in [0.717, 1.165) is 22.0 Å². The summed E-state index contributed by atoms with van der Waals surface area (Å²) in [6, 6.07) is 0.796. The molecule has 1 atom stereocenters. The fourth-order valence-corrected chi connectivity index (χ4v) is 4.82. The Kier molecular flexibility index (Phi) is 5.58. The summed E-state index contributed by atoms with van der Waals surface area (Å²) < 4.78 is 70.0. The van der Waals surface area contributed by atoms with Gasteiger partial charge < -0.3 is 0 Å². The van der Waals surface area contributed by atoms with Gasteiger partial charge in [-0.2, -0.15) is 30.2 Å². The Labute approximate surface area is 170 Å². The number of fused-ring (bicyclic) bond motifs is 1. The van der Waals surface area contributed by atoms with Gasteiger partial charge in [0, 0.05) is 52.9 Å². The number of aryl methyl sites for hydroxylation is 1. The normalized spacial score (nSPS) is 19.0. The van der Waals surface area contributed by atoms with Crippen LogP contribution in [0.1, 0.15) is 30.0 Å². The first-order valence-corrected chi connectivity index (χ1v) is 10.5. The van der Waals surface area contributed by atoms with E-state index in [9.17, 15) is 31.2 Å². The molecule has 0 radical (unpaired) electrons. The minimum absolute atomic E-state index is 0.00302. The number of piperidine rings is 1. The highest BCUT2D eigenvalue weighted by atomic mass is 32.2. The van der Waals surface area contributed by atoms with Crippen LogP contribution in [0.3, 0.4) is 0 Å². The number of rotatable bonds is 3. The molecule has 3 heterocycles. The maximum absolute atomic E-state index is 13.8. The van der Waals surface area contributed by atoms with Crippen LogP contribution in [-0.4, -0.2) is 58.3 Å². The predicted molar refractivity (Wildman–Crippen MR) is 103 cm³/mol. The summed E-state index contributed by atoms with van der Waals surface area (Å²) in [4.78, 5) is 28.9. The van der Waals surface area contributed by atoms with Crippen LogP contribution in [0.25, 0.3) is 11.0 Å². The average Bonchev–Trinajstić information content (AvgIpc) is 2.69. The lowest BCUT2D eigenvalue weighted by atomic mass is 9.94. The van der Waals surface area contributed by atoms with Gasteiger partial charge in [0.2, 0.25) is 0 Å². The van der Waals surface area contributed by atoms with Crippen molar-refractivity contribution in [2.45, 2.75) is 24.9 Å². The third-order valence-corrected chi connectivity index (χ3v) is 7.23. The molecule has 0 N–H and O–H groups in total. The van der Waals surface area contributed by atoms with E-state index in [-0.39, 0.29) is 24.4 Å². The lowest BCUT2D eigenvalue weighted by molar-refractivity contribution is -0.136. The molecule has 1 aliphatic heterocycles. The van der Waals surface area contributed by atoms with Crippen LogP contribution < -0.4 is 11.2 Å². The number of aromatic nitrogens is 3. The first kappa shape index (κ1) is 22.4. The topological polar surface area (TPSA) is 97.5 Å². The van der Waals surface area contributed by atoms with Gasteiger partial charge in [-0.05, 0) is 18.9 Å². The summed E-state index contributed by atoms with van der Waals surface area (Å²) in [5, 5.41) is -0.690. The summed E-state index contributed by atoms with van der Waals surface area (Å²) in [6.45, 7) is 0.199. The van der Waals surface area contributed by atoms with Crippen LogP contribution in [0.2, 0.25) is 0 Å². The van der Waals surface area contributed by atoms with Gasteiger partial charge in [0.1, 0.15) is 5.65 Å². The lowest BCUT2D eigenvalue weighted by Gasteiger charge is -2.33. The molecule has 0 saturated carbocycles. The van der Waals surface area contributed by atoms with Crippen molar-refractivity contribution >= 4 is 21.2 Å². The number of nitrogens with zero attached hydrogens (tertiary/aromatic N) is 5. The van der Waals surface area contributed by atoms with Crippen molar-refractivity contribution in [3.05, 3.63) is 38.2 Å². The minimum atomic E-state index is -4.86. The molecule has 13 heteroatoms. The number of hydrogen-bond donors (Lipinski definition) is 0. The average molecular weight is 449 g/mol. The molecule has 0 amide bonds. The Balaban J connectivity index is 2.23. The number of alkyl halides is 3. The van der Waals surface area contributed by atoms with E-state index in [1.165, 1.54) is 25.4 Å². The van der Waals surface area contributed by atoms with Gasteiger partial charge in [-0.3, -0.25) is 13.9 Å². The molecule has 0 spiro atoms. The molecule has 166 valence electrons. The Hall–Kier alpha value is -2.25. The molecule has 0 unspecified atom stereocenters. The second-order valence-electron chi connectivity index (χ2n) is 7.48. The molecule has 2 aromatic rings. The van der Waals surface area contributed by atoms with Crippen LogP contribution in [0.15, 0.2) is 15.7 Å². The van der Waals surface area contributed by atoms with Crippen LogP contribution in [-0.2, 0) is 30.5 Å². The standard InChI is InChI=1S/C17H22F3N5O4S/c1-22(2)30(28,29)25-7-5-6-10(9-25)12-8-11(17(18,19)20)13-14(21-12)23(3)16(27)24(4)15(13)26/h8,10H,5-7,9H2,1-4H3/t10-/m1/s1. The second kappa shape index (κ2) is 7.46. The van der Waals surface area contributed by atoms with Crippen molar-refractivity contribution in [1.82, 2.24) is 22.7 Å². The van der Waals surface area contributed by atoms with E-state index in [2.05, 4.69) is 4.98 Å². The zero-order valence-corrected chi connectivity index (χ0v) is 17.7. The fraction of sp³-hybridized carbons (Fsp3) is 0.588. The largest absolute Gasteiger partial charge is 0.417 e. The molecular weight excluding hydrogens is 427 g/mol. The van der Waals surface area contributed by atoms with E-state index in [4.69, 9.17) is 0 Å². The molecule has 1 saturated heterocycles. The van der Waals surface area contributed by atoms with Gasteiger partial charge in [-0.25, -0.2) is 9.78 Å². The smallest absolute Gasteiger partial charge is 0.280 e. The van der Waals surface area contributed by atoms with Gasteiger partial charge in [-0.15, -0.1) is 0 Å². The molecule has 30 heavy (non-hydrogen) atoms. The van der Waals surface area contributed by atoms with Crippen LogP contribution in [0.5, 0.6) is 0 Å². The van der Waals surface area contributed by atoms with Gasteiger partial charge in [0.05, 0.1) is 10.9 Å². The fourth-order valence-electron chi connectivity index (χ4n) is 3.63. The van der Waals surface area contributed by atoms with Gasteiger partial charge in [0.15, 0.2) is 0 Å². The molecule has 9 nitrogen and oxygen atoms in total. The van der Waals surface area contributed by atoms with E-state index >= 15 is 0 Å². The van der Waals surface area contributed by atoms with Crippen LogP contribution in [0, 0.1) is 0 Å². The molecule has 0 aromatic carbocycles. The SMILES string of the molecule is CN(C)S(=O)(=O)N1CCC[C@@H](c2cc(C(F)(F)F)c3c(=O)n(C)c(=O)n(C)c3n2)C1. The zero-order chi connectivity index (χ0) is 22.6. The molecule has 2 aromatic heterocycles. The Morgan fingerprint density at radius 2 is 1.80 bits per heavy atom. The molecule has 0 aliphatic carbocycles. The zero-order valence-electron chi connectivity index (χ0n) is 16.9. The minimum Gasteiger partial charge on any atom is -0.280 e. The van der Waals surface area contributed by atoms with Crippen LogP contribution in [0.4, 0.5) is 13.2 Å². The summed E-state index contributed by atoms with van der Waals surface area (Å²) in [5.41, 5.74) is -3.45. The van der Waals surface area contributed by atoms with E-state index in [0.29, 0.717) is 17.4 Å². The predicted octanol–water partition coefficient (Wildman–Crippen LogP) is 0.637. The summed E-state index contributed by atoms with van der Waals surface area (Å²) in [5.74, 6) is -0.613. The number of hydrogen-bond acceptors (Lipinski definition) is 5. The maximum Gasteiger partial charge on any atom is 0.417 e. The summed E-state index contributed by atoms with van der Waals surface area (Å²) >= 11 is 0. The van der Waals surface area contributed by atoms with Crippen molar-refractivity contribution in [2.75, 3.05) is 27.2 Å². The van der Waals surface area contributed by atoms with Crippen molar-refractivity contribution < 1.29 is 21.6 Å². The summed E-state index contributed by atoms with van der Waals surface area (Å²) in [7, 11) is 1.35. The molecule has 1 aliphatic rings. The number of pyridine rings is 1. The highest BCUT2D eigenvalue weighted by Crippen LogP contribution is 2.36. The second-order valence-corrected chi connectivity index (χ2v) is 9.63. The third kappa shape index (κ3) is 3.65. The van der Waals surface area contributed by atoms with Gasteiger partial charge in [-0.1, -0.05) is 0 Å². The molecular formula is C17H22F3N5O4S. The highest BCUT2D eigenvalue weighted by Gasteiger charge is 2.38. The third-order valence-electron chi connectivity index (χ3n) is 5.33. The van der Waals surface area contributed by atoms with Crippen molar-refractivity contribution in [3.8, 4) is 0 Å². The molecule has 0 bridgehead atoms.